The molecule has 0 radical (unpaired) electrons. The molecule has 1 atom stereocenters. The Bertz CT molecular complexity index is 215. The summed E-state index contributed by atoms with van der Waals surface area (Å²) in [4.78, 5) is 21.2. The predicted octanol–water partition coefficient (Wildman–Crippen LogP) is 0.496. The number of rotatable bonds is 7. The fraction of sp³-hybridized carbons (Fsp3) is 0.800. The minimum atomic E-state index is -1.07. The van der Waals surface area contributed by atoms with E-state index in [0.717, 1.165) is 0 Å². The lowest BCUT2D eigenvalue weighted by molar-refractivity contribution is -0.143. The predicted molar refractivity (Wildman–Crippen MR) is 55.5 cm³/mol. The SMILES string of the molecule is CC(C)C(C)CNC(=O)COCC(=O)O. The third-order valence-electron chi connectivity index (χ3n) is 2.22. The van der Waals surface area contributed by atoms with E-state index < -0.39 is 12.6 Å². The molecule has 0 heterocycles. The van der Waals surface area contributed by atoms with Gasteiger partial charge in [-0.3, -0.25) is 4.79 Å². The smallest absolute Gasteiger partial charge is 0.329 e. The van der Waals surface area contributed by atoms with Crippen LogP contribution in [0.1, 0.15) is 20.8 Å². The number of carbonyl (C=O) groups excluding carboxylic acids is 1. The van der Waals surface area contributed by atoms with Crippen molar-refractivity contribution in [1.29, 1.82) is 0 Å². The lowest BCUT2D eigenvalue weighted by Crippen LogP contribution is -2.33. The largest absolute Gasteiger partial charge is 0.480 e. The molecular formula is C10H19NO4. The average Bonchev–Trinajstić information content (AvgIpc) is 2.13. The number of nitrogens with one attached hydrogen (secondary N) is 1. The van der Waals surface area contributed by atoms with Crippen LogP contribution in [0.4, 0.5) is 0 Å². The summed E-state index contributed by atoms with van der Waals surface area (Å²) in [7, 11) is 0. The van der Waals surface area contributed by atoms with Crippen molar-refractivity contribution in [2.75, 3.05) is 19.8 Å². The maximum absolute atomic E-state index is 11.1. The highest BCUT2D eigenvalue weighted by molar-refractivity contribution is 5.77. The first-order chi connectivity index (χ1) is 6.93. The summed E-state index contributed by atoms with van der Waals surface area (Å²) in [5.74, 6) is -0.444. The first kappa shape index (κ1) is 13.9. The Labute approximate surface area is 89.8 Å². The van der Waals surface area contributed by atoms with Gasteiger partial charge >= 0.3 is 5.97 Å². The number of hydrogen-bond acceptors (Lipinski definition) is 3. The van der Waals surface area contributed by atoms with Gasteiger partial charge < -0.3 is 15.2 Å². The van der Waals surface area contributed by atoms with Gasteiger partial charge in [0, 0.05) is 6.54 Å². The van der Waals surface area contributed by atoms with Gasteiger partial charge in [0.25, 0.3) is 0 Å². The normalized spacial score (nSPS) is 12.5. The minimum Gasteiger partial charge on any atom is -0.480 e. The number of ether oxygens (including phenoxy) is 1. The fourth-order valence-corrected chi connectivity index (χ4v) is 0.793. The van der Waals surface area contributed by atoms with Crippen LogP contribution in [0.15, 0.2) is 0 Å². The van der Waals surface area contributed by atoms with E-state index in [0.29, 0.717) is 18.4 Å². The molecule has 0 bridgehead atoms. The summed E-state index contributed by atoms with van der Waals surface area (Å²) in [5, 5.41) is 10.9. The van der Waals surface area contributed by atoms with Crippen molar-refractivity contribution >= 4 is 11.9 Å². The van der Waals surface area contributed by atoms with Crippen LogP contribution in [0.2, 0.25) is 0 Å². The number of hydrogen-bond donors (Lipinski definition) is 2. The third kappa shape index (κ3) is 7.93. The Morgan fingerprint density at radius 1 is 1.27 bits per heavy atom. The zero-order chi connectivity index (χ0) is 11.8. The van der Waals surface area contributed by atoms with Crippen LogP contribution in [0, 0.1) is 11.8 Å². The molecule has 2 N–H and O–H groups in total. The van der Waals surface area contributed by atoms with Gasteiger partial charge in [-0.15, -0.1) is 0 Å². The third-order valence-corrected chi connectivity index (χ3v) is 2.22. The molecule has 0 aromatic rings. The van der Waals surface area contributed by atoms with Crippen molar-refractivity contribution in [3.63, 3.8) is 0 Å². The van der Waals surface area contributed by atoms with Crippen molar-refractivity contribution in [3.05, 3.63) is 0 Å². The quantitative estimate of drug-likeness (QED) is 0.651. The molecule has 1 unspecified atom stereocenters. The van der Waals surface area contributed by atoms with Gasteiger partial charge in [-0.25, -0.2) is 4.79 Å². The van der Waals surface area contributed by atoms with E-state index >= 15 is 0 Å². The van der Waals surface area contributed by atoms with Crippen LogP contribution >= 0.6 is 0 Å². The van der Waals surface area contributed by atoms with E-state index in [1.165, 1.54) is 0 Å². The van der Waals surface area contributed by atoms with Crippen LogP contribution in [-0.4, -0.2) is 36.7 Å². The summed E-state index contributed by atoms with van der Waals surface area (Å²) in [6.07, 6.45) is 0. The van der Waals surface area contributed by atoms with E-state index in [4.69, 9.17) is 5.11 Å². The molecule has 15 heavy (non-hydrogen) atoms. The van der Waals surface area contributed by atoms with Crippen LogP contribution in [0.3, 0.4) is 0 Å². The summed E-state index contributed by atoms with van der Waals surface area (Å²) in [6.45, 7) is 6.16. The highest BCUT2D eigenvalue weighted by Crippen LogP contribution is 2.07. The van der Waals surface area contributed by atoms with Crippen LogP contribution < -0.4 is 5.32 Å². The fourth-order valence-electron chi connectivity index (χ4n) is 0.793. The zero-order valence-corrected chi connectivity index (χ0v) is 9.45. The number of carboxylic acids is 1. The molecule has 0 rings (SSSR count). The second kappa shape index (κ2) is 7.23. The van der Waals surface area contributed by atoms with Crippen LogP contribution in [-0.2, 0) is 14.3 Å². The Morgan fingerprint density at radius 2 is 1.87 bits per heavy atom. The van der Waals surface area contributed by atoms with Crippen molar-refractivity contribution in [3.8, 4) is 0 Å². The van der Waals surface area contributed by atoms with Gasteiger partial charge in [0.05, 0.1) is 0 Å². The molecule has 0 saturated carbocycles. The molecule has 0 spiro atoms. The second-order valence-corrected chi connectivity index (χ2v) is 3.91. The molecule has 5 nitrogen and oxygen atoms in total. The van der Waals surface area contributed by atoms with E-state index in [9.17, 15) is 9.59 Å². The highest BCUT2D eigenvalue weighted by atomic mass is 16.5. The van der Waals surface area contributed by atoms with Gasteiger partial charge in [-0.05, 0) is 11.8 Å². The average molecular weight is 217 g/mol. The van der Waals surface area contributed by atoms with E-state index in [1.807, 2.05) is 6.92 Å². The highest BCUT2D eigenvalue weighted by Gasteiger charge is 2.09. The van der Waals surface area contributed by atoms with E-state index in [-0.39, 0.29) is 12.5 Å². The number of carboxylic acid groups (broad SMARTS) is 1. The summed E-state index contributed by atoms with van der Waals surface area (Å²) in [5.41, 5.74) is 0. The Balaban J connectivity index is 3.53. The first-order valence-corrected chi connectivity index (χ1v) is 4.99. The summed E-state index contributed by atoms with van der Waals surface area (Å²) >= 11 is 0. The van der Waals surface area contributed by atoms with Crippen LogP contribution in [0.25, 0.3) is 0 Å². The lowest BCUT2D eigenvalue weighted by Gasteiger charge is -2.15. The number of carbonyl (C=O) groups is 2. The molecule has 0 fully saturated rings. The Morgan fingerprint density at radius 3 is 2.33 bits per heavy atom. The monoisotopic (exact) mass is 217 g/mol. The molecule has 1 amide bonds. The van der Waals surface area contributed by atoms with E-state index in [1.54, 1.807) is 0 Å². The topological polar surface area (TPSA) is 75.6 Å². The van der Waals surface area contributed by atoms with Gasteiger partial charge in [-0.1, -0.05) is 20.8 Å². The molecule has 0 aliphatic carbocycles. The molecular weight excluding hydrogens is 198 g/mol. The van der Waals surface area contributed by atoms with Crippen molar-refractivity contribution in [1.82, 2.24) is 5.32 Å². The molecule has 0 saturated heterocycles. The molecule has 0 aliphatic heterocycles. The number of amides is 1. The Hall–Kier alpha value is -1.10. The van der Waals surface area contributed by atoms with Gasteiger partial charge in [0.2, 0.25) is 5.91 Å². The standard InChI is InChI=1S/C10H19NO4/c1-7(2)8(3)4-11-9(12)5-15-6-10(13)14/h7-8H,4-6H2,1-3H3,(H,11,12)(H,13,14). The maximum Gasteiger partial charge on any atom is 0.329 e. The maximum atomic E-state index is 11.1. The summed E-state index contributed by atoms with van der Waals surface area (Å²) in [6, 6.07) is 0. The molecule has 0 aromatic carbocycles. The van der Waals surface area contributed by atoms with Gasteiger partial charge in [0.1, 0.15) is 13.2 Å². The Kier molecular flexibility index (Phi) is 6.70. The summed E-state index contributed by atoms with van der Waals surface area (Å²) < 4.78 is 4.64. The molecule has 88 valence electrons. The number of aliphatic carboxylic acids is 1. The van der Waals surface area contributed by atoms with E-state index in [2.05, 4.69) is 23.9 Å². The second-order valence-electron chi connectivity index (χ2n) is 3.91. The minimum absolute atomic E-state index is 0.197. The van der Waals surface area contributed by atoms with Gasteiger partial charge in [0.15, 0.2) is 0 Å². The van der Waals surface area contributed by atoms with Crippen molar-refractivity contribution in [2.45, 2.75) is 20.8 Å². The molecule has 5 heteroatoms. The molecule has 0 aliphatic rings. The van der Waals surface area contributed by atoms with Crippen LogP contribution in [0.5, 0.6) is 0 Å². The van der Waals surface area contributed by atoms with Crippen molar-refractivity contribution < 1.29 is 19.4 Å². The lowest BCUT2D eigenvalue weighted by atomic mass is 9.98. The zero-order valence-electron chi connectivity index (χ0n) is 9.45. The van der Waals surface area contributed by atoms with Crippen molar-refractivity contribution in [2.24, 2.45) is 11.8 Å². The molecule has 0 aromatic heterocycles. The first-order valence-electron chi connectivity index (χ1n) is 4.99. The van der Waals surface area contributed by atoms with Gasteiger partial charge in [-0.2, -0.15) is 0 Å².